The molecule has 1 aromatic rings. The molecule has 0 saturated carbocycles. The van der Waals surface area contributed by atoms with Crippen molar-refractivity contribution in [3.8, 4) is 0 Å². The number of nitrogens with one attached hydrogen (secondary N) is 1. The second-order valence-corrected chi connectivity index (χ2v) is 6.24. The van der Waals surface area contributed by atoms with E-state index in [-0.39, 0.29) is 17.3 Å². The zero-order valence-electron chi connectivity index (χ0n) is 11.8. The molecule has 0 radical (unpaired) electrons. The summed E-state index contributed by atoms with van der Waals surface area (Å²) in [6, 6.07) is 10.1. The minimum absolute atomic E-state index is 0.0280. The Morgan fingerprint density at radius 2 is 1.89 bits per heavy atom. The zero-order valence-corrected chi connectivity index (χ0v) is 12.6. The van der Waals surface area contributed by atoms with E-state index in [1.807, 2.05) is 25.1 Å². The number of hydrogen-bond donors (Lipinski definition) is 2. The largest absolute Gasteiger partial charge is 0.392 e. The topological polar surface area (TPSA) is 49.3 Å². The summed E-state index contributed by atoms with van der Waals surface area (Å²) in [5.74, 6) is 0.734. The third-order valence-electron chi connectivity index (χ3n) is 3.13. The molecule has 1 aromatic carbocycles. The van der Waals surface area contributed by atoms with Gasteiger partial charge in [-0.3, -0.25) is 4.79 Å². The van der Waals surface area contributed by atoms with Crippen molar-refractivity contribution in [2.45, 2.75) is 38.0 Å². The van der Waals surface area contributed by atoms with Gasteiger partial charge < -0.3 is 10.4 Å². The lowest BCUT2D eigenvalue weighted by Gasteiger charge is -2.15. The van der Waals surface area contributed by atoms with Gasteiger partial charge >= 0.3 is 0 Å². The van der Waals surface area contributed by atoms with Crippen LogP contribution in [0.1, 0.15) is 32.3 Å². The Morgan fingerprint density at radius 3 is 2.47 bits per heavy atom. The standard InChI is InChI=1S/C15H23NO2S/c1-11(14-7-5-4-6-8-14)9-16-15(18)10-19-13(3)12(2)17/h4-8,11-13,17H,9-10H2,1-3H3,(H,16,18). The summed E-state index contributed by atoms with van der Waals surface area (Å²) in [7, 11) is 0. The normalized spacial score (nSPS) is 15.6. The number of carbonyl (C=O) groups excluding carboxylic acids is 1. The molecule has 0 aliphatic heterocycles. The summed E-state index contributed by atoms with van der Waals surface area (Å²) in [5, 5.41) is 12.4. The predicted molar refractivity (Wildman–Crippen MR) is 81.5 cm³/mol. The van der Waals surface area contributed by atoms with Crippen LogP contribution in [0.3, 0.4) is 0 Å². The molecule has 2 N–H and O–H groups in total. The van der Waals surface area contributed by atoms with Crippen LogP contribution in [0.2, 0.25) is 0 Å². The minimum Gasteiger partial charge on any atom is -0.392 e. The lowest BCUT2D eigenvalue weighted by Crippen LogP contribution is -2.30. The molecule has 1 rings (SSSR count). The van der Waals surface area contributed by atoms with Gasteiger partial charge in [-0.05, 0) is 18.4 Å². The fraction of sp³-hybridized carbons (Fsp3) is 0.533. The molecular weight excluding hydrogens is 258 g/mol. The fourth-order valence-electron chi connectivity index (χ4n) is 1.56. The molecule has 0 fully saturated rings. The van der Waals surface area contributed by atoms with Crippen molar-refractivity contribution >= 4 is 17.7 Å². The maximum absolute atomic E-state index is 11.7. The molecule has 3 atom stereocenters. The Balaban J connectivity index is 2.27. The highest BCUT2D eigenvalue weighted by atomic mass is 32.2. The van der Waals surface area contributed by atoms with Crippen LogP contribution in [0, 0.1) is 0 Å². The van der Waals surface area contributed by atoms with Crippen LogP contribution in [-0.4, -0.2) is 34.7 Å². The first-order valence-electron chi connectivity index (χ1n) is 6.62. The first-order valence-corrected chi connectivity index (χ1v) is 7.67. The lowest BCUT2D eigenvalue weighted by molar-refractivity contribution is -0.118. The maximum Gasteiger partial charge on any atom is 0.230 e. The van der Waals surface area contributed by atoms with E-state index in [0.717, 1.165) is 0 Å². The molecule has 1 amide bonds. The average Bonchev–Trinajstić information content (AvgIpc) is 2.42. The summed E-state index contributed by atoms with van der Waals surface area (Å²) < 4.78 is 0. The van der Waals surface area contributed by atoms with Crippen LogP contribution in [0.15, 0.2) is 30.3 Å². The average molecular weight is 281 g/mol. The number of rotatable bonds is 7. The van der Waals surface area contributed by atoms with Crippen LogP contribution in [0.4, 0.5) is 0 Å². The van der Waals surface area contributed by atoms with Gasteiger partial charge in [0.1, 0.15) is 0 Å². The first-order chi connectivity index (χ1) is 9.00. The summed E-state index contributed by atoms with van der Waals surface area (Å²) >= 11 is 1.48. The zero-order chi connectivity index (χ0) is 14.3. The first kappa shape index (κ1) is 16.1. The van der Waals surface area contributed by atoms with E-state index >= 15 is 0 Å². The Bertz CT molecular complexity index is 381. The molecule has 4 heteroatoms. The molecule has 0 saturated heterocycles. The van der Waals surface area contributed by atoms with Gasteiger partial charge in [0.15, 0.2) is 0 Å². The maximum atomic E-state index is 11.7. The van der Waals surface area contributed by atoms with Crippen LogP contribution in [0.5, 0.6) is 0 Å². The molecular formula is C15H23NO2S. The van der Waals surface area contributed by atoms with Gasteiger partial charge in [0.2, 0.25) is 5.91 Å². The van der Waals surface area contributed by atoms with E-state index in [0.29, 0.717) is 18.2 Å². The van der Waals surface area contributed by atoms with Crippen molar-refractivity contribution in [2.24, 2.45) is 0 Å². The lowest BCUT2D eigenvalue weighted by atomic mass is 10.0. The molecule has 0 bridgehead atoms. The highest BCUT2D eigenvalue weighted by Crippen LogP contribution is 2.15. The summed E-state index contributed by atoms with van der Waals surface area (Å²) in [6.45, 7) is 6.41. The number of thioether (sulfide) groups is 1. The fourth-order valence-corrected chi connectivity index (χ4v) is 2.36. The molecule has 0 aromatic heterocycles. The van der Waals surface area contributed by atoms with Gasteiger partial charge in [-0.2, -0.15) is 0 Å². The van der Waals surface area contributed by atoms with Gasteiger partial charge in [-0.1, -0.05) is 44.2 Å². The van der Waals surface area contributed by atoms with Crippen molar-refractivity contribution in [2.75, 3.05) is 12.3 Å². The van der Waals surface area contributed by atoms with Crippen molar-refractivity contribution in [1.82, 2.24) is 5.32 Å². The quantitative estimate of drug-likeness (QED) is 0.807. The van der Waals surface area contributed by atoms with Gasteiger partial charge in [0, 0.05) is 11.8 Å². The molecule has 106 valence electrons. The van der Waals surface area contributed by atoms with E-state index < -0.39 is 0 Å². The van der Waals surface area contributed by atoms with Crippen LogP contribution >= 0.6 is 11.8 Å². The van der Waals surface area contributed by atoms with E-state index in [1.165, 1.54) is 17.3 Å². The van der Waals surface area contributed by atoms with E-state index in [2.05, 4.69) is 24.4 Å². The van der Waals surface area contributed by atoms with Crippen molar-refractivity contribution in [3.05, 3.63) is 35.9 Å². The molecule has 3 nitrogen and oxygen atoms in total. The van der Waals surface area contributed by atoms with Crippen LogP contribution < -0.4 is 5.32 Å². The van der Waals surface area contributed by atoms with E-state index in [9.17, 15) is 9.90 Å². The third kappa shape index (κ3) is 6.12. The molecule has 0 heterocycles. The Kier molecular flexibility index (Phi) is 6.95. The summed E-state index contributed by atoms with van der Waals surface area (Å²) in [6.07, 6.45) is -0.388. The van der Waals surface area contributed by atoms with Gasteiger partial charge in [0.05, 0.1) is 11.9 Å². The monoisotopic (exact) mass is 281 g/mol. The third-order valence-corrected chi connectivity index (χ3v) is 4.48. The second kappa shape index (κ2) is 8.23. The van der Waals surface area contributed by atoms with Crippen LogP contribution in [-0.2, 0) is 4.79 Å². The number of amides is 1. The smallest absolute Gasteiger partial charge is 0.230 e. The van der Waals surface area contributed by atoms with Gasteiger partial charge in [0.25, 0.3) is 0 Å². The van der Waals surface area contributed by atoms with Crippen molar-refractivity contribution in [1.29, 1.82) is 0 Å². The summed E-state index contributed by atoms with van der Waals surface area (Å²) in [4.78, 5) is 11.7. The number of benzene rings is 1. The number of aliphatic hydroxyl groups is 1. The number of carbonyl (C=O) groups is 1. The highest BCUT2D eigenvalue weighted by Gasteiger charge is 2.12. The molecule has 0 spiro atoms. The number of hydrogen-bond acceptors (Lipinski definition) is 3. The molecule has 3 unspecified atom stereocenters. The van der Waals surface area contributed by atoms with Crippen molar-refractivity contribution < 1.29 is 9.90 Å². The highest BCUT2D eigenvalue weighted by molar-refractivity contribution is 8.00. The number of aliphatic hydroxyl groups excluding tert-OH is 1. The Labute approximate surface area is 119 Å². The minimum atomic E-state index is -0.388. The Hall–Kier alpha value is -1.00. The molecule has 0 aliphatic carbocycles. The van der Waals surface area contributed by atoms with Crippen LogP contribution in [0.25, 0.3) is 0 Å². The van der Waals surface area contributed by atoms with Crippen molar-refractivity contribution in [3.63, 3.8) is 0 Å². The van der Waals surface area contributed by atoms with E-state index in [1.54, 1.807) is 6.92 Å². The predicted octanol–water partition coefficient (Wildman–Crippen LogP) is 2.41. The SMILES string of the molecule is CC(CNC(=O)CSC(C)C(C)O)c1ccccc1. The van der Waals surface area contributed by atoms with Gasteiger partial charge in [-0.15, -0.1) is 11.8 Å². The van der Waals surface area contributed by atoms with E-state index in [4.69, 9.17) is 0 Å². The molecule has 0 aliphatic rings. The van der Waals surface area contributed by atoms with Gasteiger partial charge in [-0.25, -0.2) is 0 Å². The second-order valence-electron chi connectivity index (χ2n) is 4.87. The summed E-state index contributed by atoms with van der Waals surface area (Å²) in [5.41, 5.74) is 1.23. The molecule has 19 heavy (non-hydrogen) atoms. The Morgan fingerprint density at radius 1 is 1.26 bits per heavy atom.